The van der Waals surface area contributed by atoms with Crippen LogP contribution in [-0.2, 0) is 6.54 Å². The second-order valence-corrected chi connectivity index (χ2v) is 8.47. The second-order valence-electron chi connectivity index (χ2n) is 7.41. The van der Waals surface area contributed by atoms with E-state index >= 15 is 0 Å². The highest BCUT2D eigenvalue weighted by molar-refractivity contribution is 7.15. The Hall–Kier alpha value is -0.610. The summed E-state index contributed by atoms with van der Waals surface area (Å²) in [4.78, 5) is 9.04. The molecule has 0 amide bonds. The van der Waals surface area contributed by atoms with Crippen molar-refractivity contribution in [1.29, 1.82) is 0 Å². The van der Waals surface area contributed by atoms with E-state index in [4.69, 9.17) is 4.98 Å². The minimum Gasteiger partial charge on any atom is -0.348 e. The predicted molar refractivity (Wildman–Crippen MR) is 91.3 cm³/mol. The highest BCUT2D eigenvalue weighted by Gasteiger charge is 2.32. The van der Waals surface area contributed by atoms with Crippen LogP contribution >= 0.6 is 11.3 Å². The third kappa shape index (κ3) is 3.78. The number of hydrogen-bond donors (Lipinski definition) is 1. The molecule has 1 aromatic rings. The molecule has 2 heterocycles. The number of thiazole rings is 1. The summed E-state index contributed by atoms with van der Waals surface area (Å²) in [5, 5.41) is 4.83. The lowest BCUT2D eigenvalue weighted by atomic mass is 9.83. The van der Waals surface area contributed by atoms with Crippen molar-refractivity contribution in [2.24, 2.45) is 5.41 Å². The number of nitrogens with one attached hydrogen (secondary N) is 1. The first-order chi connectivity index (χ1) is 10.1. The normalized spacial score (nSPS) is 21.8. The van der Waals surface area contributed by atoms with E-state index in [1.807, 2.05) is 11.3 Å². The van der Waals surface area contributed by atoms with Crippen LogP contribution in [0.1, 0.15) is 69.4 Å². The molecule has 0 radical (unpaired) electrons. The third-order valence-electron chi connectivity index (χ3n) is 4.78. The summed E-state index contributed by atoms with van der Waals surface area (Å²) >= 11 is 1.94. The monoisotopic (exact) mass is 307 g/mol. The number of anilines is 1. The lowest BCUT2D eigenvalue weighted by Gasteiger charge is -2.36. The molecule has 3 rings (SSSR count). The molecule has 0 unspecified atom stereocenters. The van der Waals surface area contributed by atoms with E-state index in [9.17, 15) is 0 Å². The fraction of sp³-hybridized carbons (Fsp3) is 0.824. The molecule has 0 atom stereocenters. The highest BCUT2D eigenvalue weighted by Crippen LogP contribution is 2.44. The van der Waals surface area contributed by atoms with Crippen molar-refractivity contribution < 1.29 is 0 Å². The molecule has 4 heteroatoms. The van der Waals surface area contributed by atoms with Crippen molar-refractivity contribution in [3.8, 4) is 0 Å². The average molecular weight is 308 g/mol. The maximum atomic E-state index is 5.03. The lowest BCUT2D eigenvalue weighted by molar-refractivity contribution is 0.279. The molecule has 1 N–H and O–H groups in total. The first-order valence-electron chi connectivity index (χ1n) is 8.54. The van der Waals surface area contributed by atoms with Crippen LogP contribution in [0.15, 0.2) is 0 Å². The molecule has 0 aromatic carbocycles. The smallest absolute Gasteiger partial charge is 0.185 e. The number of aromatic nitrogens is 1. The fourth-order valence-electron chi connectivity index (χ4n) is 2.97. The van der Waals surface area contributed by atoms with Crippen LogP contribution in [0, 0.1) is 5.41 Å². The van der Waals surface area contributed by atoms with E-state index in [1.165, 1.54) is 60.9 Å². The number of piperidine rings is 1. The molecule has 2 fully saturated rings. The van der Waals surface area contributed by atoms with Gasteiger partial charge in [0.2, 0.25) is 0 Å². The van der Waals surface area contributed by atoms with Crippen LogP contribution in [0.2, 0.25) is 0 Å². The van der Waals surface area contributed by atoms with Crippen molar-refractivity contribution in [1.82, 2.24) is 10.3 Å². The van der Waals surface area contributed by atoms with Crippen LogP contribution < -0.4 is 10.2 Å². The van der Waals surface area contributed by atoms with Gasteiger partial charge in [0.15, 0.2) is 5.13 Å². The van der Waals surface area contributed by atoms with Crippen molar-refractivity contribution in [3.05, 3.63) is 10.6 Å². The van der Waals surface area contributed by atoms with Crippen molar-refractivity contribution in [2.45, 2.75) is 65.3 Å². The fourth-order valence-corrected chi connectivity index (χ4v) is 4.14. The van der Waals surface area contributed by atoms with Gasteiger partial charge in [-0.3, -0.25) is 0 Å². The van der Waals surface area contributed by atoms with Crippen LogP contribution in [0.5, 0.6) is 0 Å². The minimum absolute atomic E-state index is 0.512. The molecular formula is C17H29N3S. The highest BCUT2D eigenvalue weighted by atomic mass is 32.1. The Kier molecular flexibility index (Phi) is 4.55. The van der Waals surface area contributed by atoms with E-state index in [-0.39, 0.29) is 0 Å². The Balaban J connectivity index is 1.69. The van der Waals surface area contributed by atoms with E-state index in [0.717, 1.165) is 19.0 Å². The van der Waals surface area contributed by atoms with Gasteiger partial charge in [0.05, 0.1) is 5.69 Å². The summed E-state index contributed by atoms with van der Waals surface area (Å²) in [6.07, 6.45) is 6.46. The van der Waals surface area contributed by atoms with Crippen LogP contribution in [0.25, 0.3) is 0 Å². The quantitative estimate of drug-likeness (QED) is 0.800. The maximum Gasteiger partial charge on any atom is 0.185 e. The Bertz CT molecular complexity index is 466. The van der Waals surface area contributed by atoms with Gasteiger partial charge in [0.25, 0.3) is 0 Å². The summed E-state index contributed by atoms with van der Waals surface area (Å²) < 4.78 is 0. The molecule has 1 saturated carbocycles. The molecule has 1 aliphatic carbocycles. The number of nitrogens with zero attached hydrogens (tertiary/aromatic N) is 2. The van der Waals surface area contributed by atoms with E-state index < -0.39 is 0 Å². The summed E-state index contributed by atoms with van der Waals surface area (Å²) in [5.41, 5.74) is 1.92. The molecule has 1 aromatic heterocycles. The summed E-state index contributed by atoms with van der Waals surface area (Å²) in [6, 6.07) is 0. The van der Waals surface area contributed by atoms with Gasteiger partial charge in [-0.25, -0.2) is 4.98 Å². The van der Waals surface area contributed by atoms with E-state index in [1.54, 1.807) is 0 Å². The second kappa shape index (κ2) is 6.25. The largest absolute Gasteiger partial charge is 0.348 e. The number of hydrogen-bond acceptors (Lipinski definition) is 4. The van der Waals surface area contributed by atoms with Gasteiger partial charge in [-0.05, 0) is 44.1 Å². The summed E-state index contributed by atoms with van der Waals surface area (Å²) in [7, 11) is 0. The van der Waals surface area contributed by atoms with Crippen LogP contribution in [0.4, 0.5) is 5.13 Å². The van der Waals surface area contributed by atoms with Gasteiger partial charge in [-0.15, -0.1) is 11.3 Å². The summed E-state index contributed by atoms with van der Waals surface area (Å²) in [5.74, 6) is 0.759. The van der Waals surface area contributed by atoms with Crippen molar-refractivity contribution >= 4 is 16.5 Å². The Morgan fingerprint density at radius 1 is 1.29 bits per heavy atom. The zero-order valence-electron chi connectivity index (χ0n) is 13.7. The van der Waals surface area contributed by atoms with E-state index in [0.29, 0.717) is 5.41 Å². The van der Waals surface area contributed by atoms with Gasteiger partial charge in [0, 0.05) is 30.4 Å². The maximum absolute atomic E-state index is 5.03. The van der Waals surface area contributed by atoms with Crippen molar-refractivity contribution in [3.63, 3.8) is 0 Å². The zero-order valence-corrected chi connectivity index (χ0v) is 14.6. The molecular weight excluding hydrogens is 278 g/mol. The molecule has 21 heavy (non-hydrogen) atoms. The van der Waals surface area contributed by atoms with Gasteiger partial charge < -0.3 is 10.2 Å². The van der Waals surface area contributed by atoms with Gasteiger partial charge in [-0.2, -0.15) is 0 Å². The molecule has 1 saturated heterocycles. The predicted octanol–water partition coefficient (Wildman–Crippen LogP) is 4.15. The standard InChI is InChI=1S/C17H29N3S/c1-4-9-18-12-14-15(13-5-6-13)19-16(21-14)20-10-7-17(2,3)8-11-20/h13,18H,4-12H2,1-3H3. The minimum atomic E-state index is 0.512. The zero-order chi connectivity index (χ0) is 14.9. The van der Waals surface area contributed by atoms with E-state index in [2.05, 4.69) is 31.0 Å². The van der Waals surface area contributed by atoms with Gasteiger partial charge in [0.1, 0.15) is 0 Å². The SMILES string of the molecule is CCCNCc1sc(N2CCC(C)(C)CC2)nc1C1CC1. The summed E-state index contributed by atoms with van der Waals surface area (Å²) in [6.45, 7) is 11.5. The Morgan fingerprint density at radius 3 is 2.62 bits per heavy atom. The molecule has 2 aliphatic rings. The molecule has 1 aliphatic heterocycles. The topological polar surface area (TPSA) is 28.2 Å². The first kappa shape index (κ1) is 15.3. The van der Waals surface area contributed by atoms with Gasteiger partial charge in [-0.1, -0.05) is 20.8 Å². The third-order valence-corrected chi connectivity index (χ3v) is 5.91. The van der Waals surface area contributed by atoms with Gasteiger partial charge >= 0.3 is 0 Å². The first-order valence-corrected chi connectivity index (χ1v) is 9.36. The molecule has 118 valence electrons. The lowest BCUT2D eigenvalue weighted by Crippen LogP contribution is -2.37. The molecule has 0 spiro atoms. The van der Waals surface area contributed by atoms with Crippen LogP contribution in [-0.4, -0.2) is 24.6 Å². The Morgan fingerprint density at radius 2 is 2.00 bits per heavy atom. The molecule has 3 nitrogen and oxygen atoms in total. The number of rotatable bonds is 6. The molecule has 0 bridgehead atoms. The van der Waals surface area contributed by atoms with Crippen LogP contribution in [0.3, 0.4) is 0 Å². The Labute approximate surface area is 133 Å². The average Bonchev–Trinajstić information content (AvgIpc) is 3.21. The van der Waals surface area contributed by atoms with Crippen molar-refractivity contribution in [2.75, 3.05) is 24.5 Å².